The molecule has 0 spiro atoms. The Morgan fingerprint density at radius 2 is 1.80 bits per heavy atom. The van der Waals surface area contributed by atoms with Gasteiger partial charge in [-0.1, -0.05) is 6.07 Å². The third-order valence-electron chi connectivity index (χ3n) is 4.16. The summed E-state index contributed by atoms with van der Waals surface area (Å²) in [5.74, 6) is -7.15. The maximum Gasteiger partial charge on any atom is 0.456 e. The highest BCUT2D eigenvalue weighted by Crippen LogP contribution is 2.38. The summed E-state index contributed by atoms with van der Waals surface area (Å²) in [5, 5.41) is 4.43. The Balaban J connectivity index is 2.03. The first kappa shape index (κ1) is 21.3. The summed E-state index contributed by atoms with van der Waals surface area (Å²) in [4.78, 5) is 11.2. The van der Waals surface area contributed by atoms with Gasteiger partial charge in [0, 0.05) is 17.0 Å². The highest BCUT2D eigenvalue weighted by atomic mass is 19.4. The summed E-state index contributed by atoms with van der Waals surface area (Å²) in [5.41, 5.74) is 11.6. The third-order valence-corrected chi connectivity index (χ3v) is 4.16. The van der Waals surface area contributed by atoms with E-state index in [9.17, 15) is 31.1 Å². The van der Waals surface area contributed by atoms with E-state index in [0.29, 0.717) is 17.0 Å². The number of rotatable bonds is 6. The SMILES string of the molecule is NC(=O)Cn1nc(N)c2ccc(-c3ccc(F)cc3OCC(F)(F)C(F)(F)F)cc21. The molecule has 0 saturated heterocycles. The van der Waals surface area contributed by atoms with Gasteiger partial charge in [-0.15, -0.1) is 0 Å². The van der Waals surface area contributed by atoms with Crippen molar-refractivity contribution in [1.82, 2.24) is 9.78 Å². The van der Waals surface area contributed by atoms with E-state index in [1.807, 2.05) is 0 Å². The molecule has 12 heteroatoms. The van der Waals surface area contributed by atoms with Crippen LogP contribution >= 0.6 is 0 Å². The summed E-state index contributed by atoms with van der Waals surface area (Å²) < 4.78 is 83.1. The number of hydrogen-bond acceptors (Lipinski definition) is 4. The van der Waals surface area contributed by atoms with E-state index in [1.165, 1.54) is 22.9 Å². The molecular weight excluding hydrogens is 418 g/mol. The van der Waals surface area contributed by atoms with E-state index in [1.54, 1.807) is 0 Å². The Kier molecular flexibility index (Phi) is 5.27. The Morgan fingerprint density at radius 3 is 2.43 bits per heavy atom. The molecule has 0 aliphatic carbocycles. The Morgan fingerprint density at radius 1 is 1.10 bits per heavy atom. The second kappa shape index (κ2) is 7.43. The van der Waals surface area contributed by atoms with Crippen molar-refractivity contribution in [3.63, 3.8) is 0 Å². The minimum Gasteiger partial charge on any atom is -0.486 e. The molecular formula is C18H14F6N4O2. The van der Waals surface area contributed by atoms with Gasteiger partial charge in [0.15, 0.2) is 12.4 Å². The monoisotopic (exact) mass is 432 g/mol. The van der Waals surface area contributed by atoms with Crippen LogP contribution < -0.4 is 16.2 Å². The number of nitrogen functional groups attached to an aromatic ring is 1. The summed E-state index contributed by atoms with van der Waals surface area (Å²) >= 11 is 0. The van der Waals surface area contributed by atoms with Crippen molar-refractivity contribution in [2.45, 2.75) is 18.6 Å². The van der Waals surface area contributed by atoms with Gasteiger partial charge in [-0.2, -0.15) is 27.1 Å². The molecule has 1 heterocycles. The van der Waals surface area contributed by atoms with Crippen LogP contribution in [0.4, 0.5) is 32.2 Å². The van der Waals surface area contributed by atoms with Crippen LogP contribution in [0.2, 0.25) is 0 Å². The molecule has 2 aromatic carbocycles. The predicted molar refractivity (Wildman–Crippen MR) is 95.2 cm³/mol. The Hall–Kier alpha value is -3.44. The van der Waals surface area contributed by atoms with Crippen molar-refractivity contribution in [2.24, 2.45) is 5.73 Å². The number of carbonyl (C=O) groups is 1. The zero-order chi connectivity index (χ0) is 22.3. The fourth-order valence-corrected chi connectivity index (χ4v) is 2.74. The molecule has 1 aromatic heterocycles. The highest BCUT2D eigenvalue weighted by Gasteiger charge is 2.58. The topological polar surface area (TPSA) is 96.2 Å². The summed E-state index contributed by atoms with van der Waals surface area (Å²) in [6, 6.07) is 7.27. The number of amides is 1. The first-order valence-corrected chi connectivity index (χ1v) is 8.30. The quantitative estimate of drug-likeness (QED) is 0.583. The molecule has 0 aliphatic rings. The number of fused-ring (bicyclic) bond motifs is 1. The van der Waals surface area contributed by atoms with Gasteiger partial charge in [0.25, 0.3) is 0 Å². The molecule has 4 N–H and O–H groups in total. The minimum atomic E-state index is -5.82. The van der Waals surface area contributed by atoms with Gasteiger partial charge in [-0.3, -0.25) is 9.48 Å². The third kappa shape index (κ3) is 4.11. The van der Waals surface area contributed by atoms with Crippen molar-refractivity contribution in [3.05, 3.63) is 42.2 Å². The molecule has 0 aliphatic heterocycles. The zero-order valence-corrected chi connectivity index (χ0v) is 15.0. The molecule has 30 heavy (non-hydrogen) atoms. The molecule has 0 fully saturated rings. The van der Waals surface area contributed by atoms with Gasteiger partial charge in [0.05, 0.1) is 5.52 Å². The largest absolute Gasteiger partial charge is 0.486 e. The second-order valence-corrected chi connectivity index (χ2v) is 6.37. The summed E-state index contributed by atoms with van der Waals surface area (Å²) in [7, 11) is 0. The zero-order valence-electron chi connectivity index (χ0n) is 15.0. The maximum atomic E-state index is 13.6. The maximum absolute atomic E-state index is 13.6. The van der Waals surface area contributed by atoms with E-state index in [0.717, 1.165) is 12.1 Å². The van der Waals surface area contributed by atoms with Crippen molar-refractivity contribution in [2.75, 3.05) is 12.3 Å². The fraction of sp³-hybridized carbons (Fsp3) is 0.222. The number of carbonyl (C=O) groups excluding carboxylic acids is 1. The summed E-state index contributed by atoms with van der Waals surface area (Å²) in [6.45, 7) is -2.33. The van der Waals surface area contributed by atoms with Crippen molar-refractivity contribution in [1.29, 1.82) is 0 Å². The van der Waals surface area contributed by atoms with E-state index >= 15 is 0 Å². The molecule has 160 valence electrons. The predicted octanol–water partition coefficient (Wildman–Crippen LogP) is 3.49. The number of nitrogens with two attached hydrogens (primary N) is 2. The second-order valence-electron chi connectivity index (χ2n) is 6.37. The normalized spacial score (nSPS) is 12.3. The van der Waals surface area contributed by atoms with Crippen LogP contribution in [0.25, 0.3) is 22.0 Å². The Labute approximate surface area is 165 Å². The van der Waals surface area contributed by atoms with Crippen LogP contribution in [0.3, 0.4) is 0 Å². The number of anilines is 1. The molecule has 0 radical (unpaired) electrons. The lowest BCUT2D eigenvalue weighted by Crippen LogP contribution is -2.41. The van der Waals surface area contributed by atoms with Crippen LogP contribution in [0.1, 0.15) is 0 Å². The number of primary amides is 1. The molecule has 0 bridgehead atoms. The number of halogens is 6. The van der Waals surface area contributed by atoms with Gasteiger partial charge in [0.1, 0.15) is 18.1 Å². The van der Waals surface area contributed by atoms with Gasteiger partial charge in [-0.05, 0) is 29.8 Å². The number of nitrogens with zero attached hydrogens (tertiary/aromatic N) is 2. The molecule has 0 atom stereocenters. The summed E-state index contributed by atoms with van der Waals surface area (Å²) in [6.07, 6.45) is -5.82. The fourth-order valence-electron chi connectivity index (χ4n) is 2.74. The lowest BCUT2D eigenvalue weighted by Gasteiger charge is -2.21. The number of benzene rings is 2. The van der Waals surface area contributed by atoms with E-state index in [2.05, 4.69) is 9.84 Å². The number of ether oxygens (including phenoxy) is 1. The number of hydrogen-bond donors (Lipinski definition) is 2. The van der Waals surface area contributed by atoms with Gasteiger partial charge >= 0.3 is 12.1 Å². The van der Waals surface area contributed by atoms with Gasteiger partial charge < -0.3 is 16.2 Å². The molecule has 3 rings (SSSR count). The van der Waals surface area contributed by atoms with E-state index < -0.39 is 36.2 Å². The standard InChI is InChI=1S/C18H14F6N4O2/c19-10-2-4-11(14(6-10)30-8-17(20,21)18(22,23)24)9-1-3-12-13(5-9)28(7-15(25)29)27-16(12)26/h1-6H,7-8H2,(H2,25,29)(H2,26,27). The van der Waals surface area contributed by atoms with Gasteiger partial charge in [0.2, 0.25) is 5.91 Å². The average molecular weight is 432 g/mol. The Bertz CT molecular complexity index is 1110. The van der Waals surface area contributed by atoms with Crippen LogP contribution in [0.15, 0.2) is 36.4 Å². The number of alkyl halides is 5. The van der Waals surface area contributed by atoms with Crippen molar-refractivity contribution < 1.29 is 35.9 Å². The lowest BCUT2D eigenvalue weighted by molar-refractivity contribution is -0.289. The van der Waals surface area contributed by atoms with E-state index in [-0.39, 0.29) is 23.5 Å². The van der Waals surface area contributed by atoms with Crippen LogP contribution in [-0.2, 0) is 11.3 Å². The van der Waals surface area contributed by atoms with Crippen molar-refractivity contribution in [3.8, 4) is 16.9 Å². The minimum absolute atomic E-state index is 0.0432. The molecule has 0 unspecified atom stereocenters. The van der Waals surface area contributed by atoms with Crippen LogP contribution in [0, 0.1) is 5.82 Å². The van der Waals surface area contributed by atoms with Gasteiger partial charge in [-0.25, -0.2) is 4.39 Å². The first-order chi connectivity index (χ1) is 13.9. The van der Waals surface area contributed by atoms with Crippen molar-refractivity contribution >= 4 is 22.6 Å². The highest BCUT2D eigenvalue weighted by molar-refractivity contribution is 5.93. The average Bonchev–Trinajstić information content (AvgIpc) is 2.93. The van der Waals surface area contributed by atoms with Crippen LogP contribution in [-0.4, -0.2) is 34.4 Å². The molecule has 1 amide bonds. The molecule has 0 saturated carbocycles. The van der Waals surface area contributed by atoms with Crippen LogP contribution in [0.5, 0.6) is 5.75 Å². The number of aromatic nitrogens is 2. The first-order valence-electron chi connectivity index (χ1n) is 8.30. The molecule has 6 nitrogen and oxygen atoms in total. The lowest BCUT2D eigenvalue weighted by atomic mass is 10.0. The smallest absolute Gasteiger partial charge is 0.456 e. The molecule has 3 aromatic rings. The van der Waals surface area contributed by atoms with E-state index in [4.69, 9.17) is 11.5 Å².